The predicted octanol–water partition coefficient (Wildman–Crippen LogP) is 1.17. The largest absolute Gasteiger partial charge is 0.494 e. The van der Waals surface area contributed by atoms with Crippen molar-refractivity contribution < 1.29 is 27.4 Å². The monoisotopic (exact) mass is 558 g/mol. The summed E-state index contributed by atoms with van der Waals surface area (Å²) in [4.78, 5) is 9.41. The second-order valence-electron chi connectivity index (χ2n) is 9.09. The summed E-state index contributed by atoms with van der Waals surface area (Å²) < 4.78 is 55.2. The average Bonchev–Trinajstić information content (AvgIpc) is 3.53. The third-order valence-electron chi connectivity index (χ3n) is 6.42. The lowest BCUT2D eigenvalue weighted by Gasteiger charge is -2.35. The number of aromatic nitrogens is 7. The molecule has 5 rings (SSSR count). The Morgan fingerprint density at radius 2 is 1.77 bits per heavy atom. The van der Waals surface area contributed by atoms with Crippen LogP contribution in [0.4, 0.5) is 10.3 Å². The highest BCUT2D eigenvalue weighted by Gasteiger charge is 2.37. The zero-order chi connectivity index (χ0) is 27.7. The minimum Gasteiger partial charge on any atom is -0.494 e. The molecule has 2 atom stereocenters. The van der Waals surface area contributed by atoms with Gasteiger partial charge in [-0.3, -0.25) is 9.25 Å². The molecule has 0 radical (unpaired) electrons. The van der Waals surface area contributed by atoms with Crippen molar-refractivity contribution in [1.29, 1.82) is 0 Å². The van der Waals surface area contributed by atoms with Crippen molar-refractivity contribution in [3.8, 4) is 28.7 Å². The summed E-state index contributed by atoms with van der Waals surface area (Å²) >= 11 is 0. The average molecular weight is 559 g/mol. The summed E-state index contributed by atoms with van der Waals surface area (Å²) in [5, 5.41) is 22.5. The third kappa shape index (κ3) is 5.27. The molecular formula is C24H27FN8O5S. The number of halogens is 1. The smallest absolute Gasteiger partial charge is 0.225 e. The van der Waals surface area contributed by atoms with E-state index >= 15 is 0 Å². The van der Waals surface area contributed by atoms with Crippen molar-refractivity contribution in [2.75, 3.05) is 32.2 Å². The zero-order valence-electron chi connectivity index (χ0n) is 21.5. The van der Waals surface area contributed by atoms with Crippen LogP contribution >= 0.6 is 0 Å². The third-order valence-corrected chi connectivity index (χ3v) is 8.43. The number of piperidine rings is 1. The molecule has 1 N–H and O–H groups in total. The van der Waals surface area contributed by atoms with Gasteiger partial charge in [-0.25, -0.2) is 22.8 Å². The molecule has 15 heteroatoms. The Kier molecular flexibility index (Phi) is 7.18. The molecule has 0 bridgehead atoms. The van der Waals surface area contributed by atoms with Gasteiger partial charge in [-0.15, -0.1) is 10.2 Å². The number of aliphatic hydroxyl groups excluding tert-OH is 1. The van der Waals surface area contributed by atoms with Gasteiger partial charge in [-0.1, -0.05) is 6.07 Å². The van der Waals surface area contributed by atoms with Crippen LogP contribution in [0.25, 0.3) is 17.2 Å². The molecule has 206 valence electrons. The van der Waals surface area contributed by atoms with Crippen LogP contribution < -0.4 is 14.4 Å². The molecule has 0 saturated carbocycles. The van der Waals surface area contributed by atoms with Crippen molar-refractivity contribution in [2.24, 2.45) is 7.05 Å². The standard InChI is InChI=1S/C24H27FN8O5S/c1-31-8-7-18(30-31)23-29-28-21(33(23)22-19(37-2)5-4-6-20(22)38-3)14-39(35,36)17-9-16(34)12-32(13-17)24-26-10-15(25)11-27-24/h4-8,10-11,16-17,34H,9,12-14H2,1-3H3/t16-,17+/m1/s1. The first-order chi connectivity index (χ1) is 18.7. The molecule has 1 aliphatic rings. The van der Waals surface area contributed by atoms with Gasteiger partial charge in [0.25, 0.3) is 0 Å². The van der Waals surface area contributed by atoms with Crippen LogP contribution in [0.2, 0.25) is 0 Å². The van der Waals surface area contributed by atoms with Crippen LogP contribution in [0.3, 0.4) is 0 Å². The number of rotatable bonds is 8. The summed E-state index contributed by atoms with van der Waals surface area (Å²) in [6.45, 7) is 0.139. The van der Waals surface area contributed by atoms with Gasteiger partial charge in [0.1, 0.15) is 28.6 Å². The number of hydrogen-bond acceptors (Lipinski definition) is 11. The summed E-state index contributed by atoms with van der Waals surface area (Å²) in [7, 11) is 0.831. The second-order valence-corrected chi connectivity index (χ2v) is 11.4. The maximum absolute atomic E-state index is 13.8. The summed E-state index contributed by atoms with van der Waals surface area (Å²) in [5.41, 5.74) is 0.887. The molecule has 39 heavy (non-hydrogen) atoms. The molecule has 3 aromatic heterocycles. The lowest BCUT2D eigenvalue weighted by Crippen LogP contribution is -2.49. The van der Waals surface area contributed by atoms with Crippen molar-refractivity contribution in [3.63, 3.8) is 0 Å². The predicted molar refractivity (Wildman–Crippen MR) is 138 cm³/mol. The number of anilines is 1. The second kappa shape index (κ2) is 10.6. The molecule has 0 amide bonds. The Morgan fingerprint density at radius 3 is 2.38 bits per heavy atom. The Labute approximate surface area is 223 Å². The molecule has 4 aromatic rings. The Bertz CT molecular complexity index is 1550. The Hall–Kier alpha value is -4.11. The van der Waals surface area contributed by atoms with Crippen LogP contribution in [0, 0.1) is 5.82 Å². The first-order valence-electron chi connectivity index (χ1n) is 12.0. The fourth-order valence-corrected chi connectivity index (χ4v) is 6.32. The van der Waals surface area contributed by atoms with E-state index in [1.807, 2.05) is 0 Å². The number of aryl methyl sites for hydroxylation is 1. The van der Waals surface area contributed by atoms with Crippen LogP contribution in [0.1, 0.15) is 12.2 Å². The first-order valence-corrected chi connectivity index (χ1v) is 13.7. The highest BCUT2D eigenvalue weighted by molar-refractivity contribution is 7.91. The molecule has 0 spiro atoms. The van der Waals surface area contributed by atoms with Gasteiger partial charge >= 0.3 is 0 Å². The quantitative estimate of drug-likeness (QED) is 0.332. The molecular weight excluding hydrogens is 531 g/mol. The molecule has 1 aromatic carbocycles. The highest BCUT2D eigenvalue weighted by Crippen LogP contribution is 2.36. The summed E-state index contributed by atoms with van der Waals surface area (Å²) in [6.07, 6.45) is 2.78. The van der Waals surface area contributed by atoms with E-state index < -0.39 is 32.8 Å². The van der Waals surface area contributed by atoms with Crippen molar-refractivity contribution in [1.82, 2.24) is 34.5 Å². The highest BCUT2D eigenvalue weighted by atomic mass is 32.2. The molecule has 0 aliphatic carbocycles. The molecule has 4 heterocycles. The molecule has 1 aliphatic heterocycles. The number of methoxy groups -OCH3 is 2. The van der Waals surface area contributed by atoms with Crippen molar-refractivity contribution >= 4 is 15.8 Å². The zero-order valence-corrected chi connectivity index (χ0v) is 22.3. The van der Waals surface area contributed by atoms with E-state index in [0.29, 0.717) is 28.7 Å². The van der Waals surface area contributed by atoms with Crippen LogP contribution in [-0.2, 0) is 22.6 Å². The van der Waals surface area contributed by atoms with Crippen molar-refractivity contribution in [3.05, 3.63) is 54.5 Å². The summed E-state index contributed by atoms with van der Waals surface area (Å²) in [5.74, 6) is 0.265. The number of nitrogens with zero attached hydrogens (tertiary/aromatic N) is 8. The van der Waals surface area contributed by atoms with Gasteiger partial charge in [0.2, 0.25) is 5.95 Å². The minimum atomic E-state index is -3.91. The minimum absolute atomic E-state index is 0.0131. The van der Waals surface area contributed by atoms with Gasteiger partial charge < -0.3 is 19.5 Å². The van der Waals surface area contributed by atoms with Gasteiger partial charge in [0.05, 0.1) is 38.0 Å². The van der Waals surface area contributed by atoms with E-state index in [9.17, 15) is 17.9 Å². The van der Waals surface area contributed by atoms with Crippen LogP contribution in [0.15, 0.2) is 42.9 Å². The first kappa shape index (κ1) is 26.5. The number of ether oxygens (including phenoxy) is 2. The van der Waals surface area contributed by atoms with E-state index in [0.717, 1.165) is 12.4 Å². The number of hydrogen-bond donors (Lipinski definition) is 1. The van der Waals surface area contributed by atoms with E-state index in [4.69, 9.17) is 9.47 Å². The number of benzene rings is 1. The molecule has 0 unspecified atom stereocenters. The molecule has 1 saturated heterocycles. The number of sulfone groups is 1. The van der Waals surface area contributed by atoms with Gasteiger partial charge in [0, 0.05) is 26.3 Å². The van der Waals surface area contributed by atoms with E-state index in [1.54, 1.807) is 46.8 Å². The van der Waals surface area contributed by atoms with E-state index in [-0.39, 0.29) is 31.3 Å². The van der Waals surface area contributed by atoms with Crippen LogP contribution in [-0.4, -0.2) is 86.7 Å². The Balaban J connectivity index is 1.55. The SMILES string of the molecule is COc1cccc(OC)c1-n1c(CS(=O)(=O)[C@H]2C[C@@H](O)CN(c3ncc(F)cn3)C2)nnc1-c1ccn(C)n1. The van der Waals surface area contributed by atoms with Gasteiger partial charge in [-0.2, -0.15) is 5.10 Å². The van der Waals surface area contributed by atoms with E-state index in [2.05, 4.69) is 25.3 Å². The fourth-order valence-electron chi connectivity index (χ4n) is 4.61. The number of para-hydroxylation sites is 1. The number of β-amino-alcohol motifs (C(OH)–C–C–N with tert-alkyl or cyclic N) is 1. The topological polar surface area (TPSA) is 150 Å². The van der Waals surface area contributed by atoms with E-state index in [1.165, 1.54) is 19.1 Å². The van der Waals surface area contributed by atoms with Gasteiger partial charge in [0.15, 0.2) is 27.3 Å². The van der Waals surface area contributed by atoms with Crippen LogP contribution in [0.5, 0.6) is 11.5 Å². The van der Waals surface area contributed by atoms with Crippen molar-refractivity contribution in [2.45, 2.75) is 23.5 Å². The molecule has 1 fully saturated rings. The maximum Gasteiger partial charge on any atom is 0.225 e. The normalized spacial score (nSPS) is 17.8. The molecule has 13 nitrogen and oxygen atoms in total. The number of aliphatic hydroxyl groups is 1. The van der Waals surface area contributed by atoms with Gasteiger partial charge in [-0.05, 0) is 24.6 Å². The fraction of sp³-hybridized carbons (Fsp3) is 0.375. The Morgan fingerprint density at radius 1 is 1.08 bits per heavy atom. The maximum atomic E-state index is 13.8. The summed E-state index contributed by atoms with van der Waals surface area (Å²) in [6, 6.07) is 6.92. The lowest BCUT2D eigenvalue weighted by atomic mass is 10.1. The lowest BCUT2D eigenvalue weighted by molar-refractivity contribution is 0.154.